The third-order valence-corrected chi connectivity index (χ3v) is 2.53. The van der Waals surface area contributed by atoms with Crippen molar-refractivity contribution in [1.82, 2.24) is 5.32 Å². The van der Waals surface area contributed by atoms with Gasteiger partial charge in [0.25, 0.3) is 0 Å². The highest BCUT2D eigenvalue weighted by atomic mass is 19.4. The first kappa shape index (κ1) is 12.4. The van der Waals surface area contributed by atoms with Gasteiger partial charge in [0.1, 0.15) is 5.76 Å². The first-order valence-corrected chi connectivity index (χ1v) is 5.10. The van der Waals surface area contributed by atoms with E-state index in [1.54, 1.807) is 6.08 Å². The van der Waals surface area contributed by atoms with E-state index < -0.39 is 6.36 Å². The maximum Gasteiger partial charge on any atom is 0.572 e. The number of halogens is 3. The van der Waals surface area contributed by atoms with Crippen LogP contribution >= 0.6 is 0 Å². The van der Waals surface area contributed by atoms with Crippen molar-refractivity contribution in [2.45, 2.75) is 32.0 Å². The number of alkyl halides is 3. The Bertz CT molecular complexity index is 225. The molecule has 0 aromatic rings. The molecule has 0 aliphatic heterocycles. The summed E-state index contributed by atoms with van der Waals surface area (Å²) in [5.41, 5.74) is 0. The summed E-state index contributed by atoms with van der Waals surface area (Å²) < 4.78 is 39.5. The molecule has 0 fully saturated rings. The summed E-state index contributed by atoms with van der Waals surface area (Å²) in [5, 5.41) is 3.03. The van der Waals surface area contributed by atoms with Gasteiger partial charge in [-0.25, -0.2) is 0 Å². The topological polar surface area (TPSA) is 21.3 Å². The number of nitrogens with one attached hydrogen (secondary N) is 1. The molecule has 1 atom stereocenters. The molecule has 0 saturated heterocycles. The number of ether oxygens (including phenoxy) is 1. The molecule has 1 aliphatic carbocycles. The Balaban J connectivity index is 2.32. The molecule has 0 aromatic carbocycles. The monoisotopic (exact) mass is 223 g/mol. The van der Waals surface area contributed by atoms with Crippen molar-refractivity contribution in [3.8, 4) is 0 Å². The maximum atomic E-state index is 11.9. The number of hydrogen-bond acceptors (Lipinski definition) is 2. The van der Waals surface area contributed by atoms with Crippen LogP contribution in [0.2, 0.25) is 0 Å². The minimum Gasteiger partial charge on any atom is -0.411 e. The van der Waals surface area contributed by atoms with Crippen molar-refractivity contribution in [2.24, 2.45) is 5.92 Å². The molecule has 0 radical (unpaired) electrons. The van der Waals surface area contributed by atoms with E-state index in [4.69, 9.17) is 0 Å². The third-order valence-electron chi connectivity index (χ3n) is 2.53. The van der Waals surface area contributed by atoms with Gasteiger partial charge in [-0.2, -0.15) is 0 Å². The molecular weight excluding hydrogens is 207 g/mol. The highest BCUT2D eigenvalue weighted by Crippen LogP contribution is 2.30. The zero-order valence-electron chi connectivity index (χ0n) is 8.73. The van der Waals surface area contributed by atoms with Crippen LogP contribution in [-0.4, -0.2) is 20.0 Å². The van der Waals surface area contributed by atoms with E-state index in [0.717, 1.165) is 19.4 Å². The van der Waals surface area contributed by atoms with Crippen molar-refractivity contribution >= 4 is 0 Å². The molecule has 0 heterocycles. The average molecular weight is 223 g/mol. The largest absolute Gasteiger partial charge is 0.572 e. The molecule has 0 amide bonds. The van der Waals surface area contributed by atoms with Crippen LogP contribution in [0, 0.1) is 5.92 Å². The smallest absolute Gasteiger partial charge is 0.411 e. The van der Waals surface area contributed by atoms with Crippen LogP contribution in [0.1, 0.15) is 25.7 Å². The lowest BCUT2D eigenvalue weighted by atomic mass is 9.90. The van der Waals surface area contributed by atoms with Gasteiger partial charge in [0, 0.05) is 6.42 Å². The SMILES string of the molecule is CNCCC1CC=C(OC(F)(F)F)CC1. The van der Waals surface area contributed by atoms with Gasteiger partial charge in [-0.15, -0.1) is 13.2 Å². The normalized spacial score (nSPS) is 22.4. The van der Waals surface area contributed by atoms with E-state index in [1.807, 2.05) is 7.05 Å². The molecule has 88 valence electrons. The molecule has 1 unspecified atom stereocenters. The summed E-state index contributed by atoms with van der Waals surface area (Å²) in [6, 6.07) is 0. The van der Waals surface area contributed by atoms with Crippen LogP contribution in [0.3, 0.4) is 0 Å². The fraction of sp³-hybridized carbons (Fsp3) is 0.800. The number of allylic oxidation sites excluding steroid dienone is 2. The summed E-state index contributed by atoms with van der Waals surface area (Å²) in [6.45, 7) is 0.911. The third kappa shape index (κ3) is 5.06. The molecule has 15 heavy (non-hydrogen) atoms. The highest BCUT2D eigenvalue weighted by Gasteiger charge is 2.32. The Labute approximate surface area is 87.5 Å². The minimum atomic E-state index is -4.54. The lowest BCUT2D eigenvalue weighted by Gasteiger charge is -2.22. The van der Waals surface area contributed by atoms with Crippen LogP contribution in [0.25, 0.3) is 0 Å². The molecule has 2 nitrogen and oxygen atoms in total. The number of hydrogen-bond donors (Lipinski definition) is 1. The van der Waals surface area contributed by atoms with E-state index in [-0.39, 0.29) is 5.76 Å². The average Bonchev–Trinajstić information content (AvgIpc) is 2.14. The fourth-order valence-electron chi connectivity index (χ4n) is 1.72. The van der Waals surface area contributed by atoms with Crippen LogP contribution in [0.5, 0.6) is 0 Å². The van der Waals surface area contributed by atoms with Gasteiger partial charge in [0.2, 0.25) is 0 Å². The van der Waals surface area contributed by atoms with Gasteiger partial charge < -0.3 is 10.1 Å². The van der Waals surface area contributed by atoms with Crippen molar-refractivity contribution in [3.05, 3.63) is 11.8 Å². The lowest BCUT2D eigenvalue weighted by molar-refractivity contribution is -0.307. The van der Waals surface area contributed by atoms with Gasteiger partial charge in [-0.1, -0.05) is 0 Å². The Hall–Kier alpha value is -0.710. The van der Waals surface area contributed by atoms with Gasteiger partial charge in [0.05, 0.1) is 0 Å². The molecule has 0 spiro atoms. The van der Waals surface area contributed by atoms with E-state index >= 15 is 0 Å². The zero-order chi connectivity index (χ0) is 11.3. The van der Waals surface area contributed by atoms with Crippen molar-refractivity contribution in [3.63, 3.8) is 0 Å². The predicted octanol–water partition coefficient (Wildman–Crippen LogP) is 2.82. The molecule has 1 N–H and O–H groups in total. The summed E-state index contributed by atoms with van der Waals surface area (Å²) in [5.74, 6) is 0.557. The standard InChI is InChI=1S/C10H16F3NO/c1-14-7-6-8-2-4-9(5-3-8)15-10(11,12)13/h4,8,14H,2-3,5-7H2,1H3. The molecule has 1 aliphatic rings. The first-order valence-electron chi connectivity index (χ1n) is 5.10. The van der Waals surface area contributed by atoms with Gasteiger partial charge in [-0.3, -0.25) is 0 Å². The van der Waals surface area contributed by atoms with Gasteiger partial charge in [-0.05, 0) is 44.8 Å². The van der Waals surface area contributed by atoms with Crippen molar-refractivity contribution in [2.75, 3.05) is 13.6 Å². The zero-order valence-corrected chi connectivity index (χ0v) is 8.73. The van der Waals surface area contributed by atoms with Crippen LogP contribution in [-0.2, 0) is 4.74 Å². The Kier molecular flexibility index (Phi) is 4.45. The summed E-state index contributed by atoms with van der Waals surface area (Å²) in [7, 11) is 1.87. The van der Waals surface area contributed by atoms with E-state index in [2.05, 4.69) is 10.1 Å². The molecule has 0 aromatic heterocycles. The summed E-state index contributed by atoms with van der Waals surface area (Å²) >= 11 is 0. The molecule has 1 rings (SSSR count). The minimum absolute atomic E-state index is 0.0724. The second-order valence-electron chi connectivity index (χ2n) is 3.75. The van der Waals surface area contributed by atoms with Gasteiger partial charge in [0.15, 0.2) is 0 Å². The van der Waals surface area contributed by atoms with E-state index in [1.165, 1.54) is 0 Å². The Morgan fingerprint density at radius 1 is 1.53 bits per heavy atom. The molecule has 0 bridgehead atoms. The van der Waals surface area contributed by atoms with Crippen LogP contribution in [0.15, 0.2) is 11.8 Å². The molecule has 0 saturated carbocycles. The molecular formula is C10H16F3NO. The van der Waals surface area contributed by atoms with Crippen LogP contribution < -0.4 is 5.32 Å². The summed E-state index contributed by atoms with van der Waals surface area (Å²) in [4.78, 5) is 0. The molecule has 5 heteroatoms. The first-order chi connectivity index (χ1) is 7.01. The lowest BCUT2D eigenvalue weighted by Crippen LogP contribution is -2.18. The Morgan fingerprint density at radius 3 is 2.73 bits per heavy atom. The summed E-state index contributed by atoms with van der Waals surface area (Å²) in [6.07, 6.45) is -0.0994. The number of rotatable bonds is 4. The van der Waals surface area contributed by atoms with Crippen LogP contribution in [0.4, 0.5) is 13.2 Å². The highest BCUT2D eigenvalue weighted by molar-refractivity contribution is 4.99. The quantitative estimate of drug-likeness (QED) is 0.791. The fourth-order valence-corrected chi connectivity index (χ4v) is 1.72. The second kappa shape index (κ2) is 5.39. The van der Waals surface area contributed by atoms with Crippen molar-refractivity contribution in [1.29, 1.82) is 0 Å². The van der Waals surface area contributed by atoms with E-state index in [0.29, 0.717) is 18.8 Å². The predicted molar refractivity (Wildman–Crippen MR) is 51.1 cm³/mol. The van der Waals surface area contributed by atoms with Crippen molar-refractivity contribution < 1.29 is 17.9 Å². The maximum absolute atomic E-state index is 11.9. The van der Waals surface area contributed by atoms with Gasteiger partial charge >= 0.3 is 6.36 Å². The Morgan fingerprint density at radius 2 is 2.27 bits per heavy atom. The van der Waals surface area contributed by atoms with E-state index in [9.17, 15) is 13.2 Å². The second-order valence-corrected chi connectivity index (χ2v) is 3.75.